The quantitative estimate of drug-likeness (QED) is 0.711. The van der Waals surface area contributed by atoms with Crippen molar-refractivity contribution in [2.45, 2.75) is 18.9 Å². The Hall–Kier alpha value is -2.67. The summed E-state index contributed by atoms with van der Waals surface area (Å²) in [6.07, 6.45) is 4.48. The summed E-state index contributed by atoms with van der Waals surface area (Å²) in [7, 11) is 3.63. The van der Waals surface area contributed by atoms with Gasteiger partial charge in [-0.25, -0.2) is 4.98 Å². The van der Waals surface area contributed by atoms with Crippen LogP contribution in [-0.4, -0.2) is 44.8 Å². The van der Waals surface area contributed by atoms with Gasteiger partial charge in [-0.3, -0.25) is 4.90 Å². The summed E-state index contributed by atoms with van der Waals surface area (Å²) in [4.78, 5) is 6.49. The number of nitrogens with zero attached hydrogens (tertiary/aromatic N) is 5. The third kappa shape index (κ3) is 3.15. The molecule has 130 valence electrons. The number of aryl methyl sites for hydroxylation is 1. The molecule has 25 heavy (non-hydrogen) atoms. The fourth-order valence-electron chi connectivity index (χ4n) is 3.32. The molecule has 3 aromatic rings. The molecular formula is C18H21N5O2. The van der Waals surface area contributed by atoms with Crippen molar-refractivity contribution in [3.8, 4) is 17.3 Å². The van der Waals surface area contributed by atoms with E-state index in [-0.39, 0.29) is 5.92 Å². The van der Waals surface area contributed by atoms with E-state index in [4.69, 9.17) is 9.15 Å². The van der Waals surface area contributed by atoms with Crippen LogP contribution in [-0.2, 0) is 13.6 Å². The predicted molar refractivity (Wildman–Crippen MR) is 92.1 cm³/mol. The lowest BCUT2D eigenvalue weighted by Crippen LogP contribution is -2.20. The van der Waals surface area contributed by atoms with Crippen LogP contribution in [0.15, 0.2) is 41.2 Å². The van der Waals surface area contributed by atoms with Crippen LogP contribution in [0.3, 0.4) is 0 Å². The molecule has 1 fully saturated rings. The van der Waals surface area contributed by atoms with Crippen LogP contribution in [0.25, 0.3) is 11.6 Å². The lowest BCUT2D eigenvalue weighted by molar-refractivity contribution is 0.311. The van der Waals surface area contributed by atoms with Crippen LogP contribution in [0.2, 0.25) is 0 Å². The maximum absolute atomic E-state index is 5.90. The molecule has 1 aliphatic heterocycles. The van der Waals surface area contributed by atoms with E-state index in [9.17, 15) is 0 Å². The van der Waals surface area contributed by atoms with Crippen molar-refractivity contribution in [1.82, 2.24) is 24.6 Å². The molecule has 0 aliphatic carbocycles. The standard InChI is InChI=1S/C18H21N5O2/c1-22-12-19-9-15(22)18-21-20-17(25-18)14-7-8-23(11-14)10-13-5-3-4-6-16(13)24-2/h3-6,9,12,14H,7-8,10-11H2,1-2H3/t14-/m0/s1. The fourth-order valence-corrected chi connectivity index (χ4v) is 3.32. The molecule has 2 aromatic heterocycles. The summed E-state index contributed by atoms with van der Waals surface area (Å²) in [5.41, 5.74) is 2.04. The van der Waals surface area contributed by atoms with Crippen molar-refractivity contribution in [3.05, 3.63) is 48.2 Å². The smallest absolute Gasteiger partial charge is 0.265 e. The molecular weight excluding hydrogens is 318 g/mol. The Labute approximate surface area is 146 Å². The average Bonchev–Trinajstić information content (AvgIpc) is 3.35. The lowest BCUT2D eigenvalue weighted by Gasteiger charge is -2.17. The van der Waals surface area contributed by atoms with Crippen molar-refractivity contribution >= 4 is 0 Å². The number of likely N-dealkylation sites (tertiary alicyclic amines) is 1. The Kier molecular flexibility index (Phi) is 4.23. The molecule has 0 amide bonds. The first-order chi connectivity index (χ1) is 12.2. The Bertz CT molecular complexity index is 857. The first-order valence-corrected chi connectivity index (χ1v) is 8.39. The molecule has 0 bridgehead atoms. The second-order valence-corrected chi connectivity index (χ2v) is 6.37. The zero-order valence-corrected chi connectivity index (χ0v) is 14.4. The molecule has 1 atom stereocenters. The molecule has 1 aromatic carbocycles. The number of rotatable bonds is 5. The summed E-state index contributed by atoms with van der Waals surface area (Å²) < 4.78 is 13.2. The van der Waals surface area contributed by atoms with Crippen LogP contribution in [0.5, 0.6) is 5.75 Å². The summed E-state index contributed by atoms with van der Waals surface area (Å²) in [6.45, 7) is 2.78. The molecule has 0 radical (unpaired) electrons. The number of benzene rings is 1. The molecule has 0 saturated carbocycles. The van der Waals surface area contributed by atoms with Gasteiger partial charge in [-0.1, -0.05) is 18.2 Å². The van der Waals surface area contributed by atoms with E-state index < -0.39 is 0 Å². The normalized spacial score (nSPS) is 17.9. The molecule has 1 saturated heterocycles. The van der Waals surface area contributed by atoms with Crippen LogP contribution in [0.1, 0.15) is 23.8 Å². The molecule has 0 N–H and O–H groups in total. The van der Waals surface area contributed by atoms with Crippen molar-refractivity contribution in [2.24, 2.45) is 7.05 Å². The van der Waals surface area contributed by atoms with E-state index in [1.165, 1.54) is 5.56 Å². The van der Waals surface area contributed by atoms with Crippen molar-refractivity contribution in [1.29, 1.82) is 0 Å². The Morgan fingerprint density at radius 2 is 2.16 bits per heavy atom. The van der Waals surface area contributed by atoms with Crippen LogP contribution in [0.4, 0.5) is 0 Å². The number of imidazole rings is 1. The maximum atomic E-state index is 5.90. The Morgan fingerprint density at radius 3 is 2.96 bits per heavy atom. The first kappa shape index (κ1) is 15.8. The predicted octanol–water partition coefficient (Wildman–Crippen LogP) is 2.47. The third-order valence-corrected chi connectivity index (χ3v) is 4.68. The van der Waals surface area contributed by atoms with Gasteiger partial charge in [0.15, 0.2) is 0 Å². The number of hydrogen-bond donors (Lipinski definition) is 0. The summed E-state index contributed by atoms with van der Waals surface area (Å²) in [5.74, 6) is 2.43. The molecule has 7 heteroatoms. The van der Waals surface area contributed by atoms with E-state index >= 15 is 0 Å². The molecule has 0 unspecified atom stereocenters. The van der Waals surface area contributed by atoms with Gasteiger partial charge in [0.2, 0.25) is 5.89 Å². The van der Waals surface area contributed by atoms with Crippen molar-refractivity contribution < 1.29 is 9.15 Å². The van der Waals surface area contributed by atoms with Gasteiger partial charge in [0.25, 0.3) is 5.89 Å². The average molecular weight is 339 g/mol. The topological polar surface area (TPSA) is 69.2 Å². The van der Waals surface area contributed by atoms with Crippen LogP contribution >= 0.6 is 0 Å². The van der Waals surface area contributed by atoms with Gasteiger partial charge in [-0.15, -0.1) is 10.2 Å². The highest BCUT2D eigenvalue weighted by Gasteiger charge is 2.29. The molecule has 4 rings (SSSR count). The van der Waals surface area contributed by atoms with Gasteiger partial charge in [0.05, 0.1) is 25.6 Å². The fraction of sp³-hybridized carbons (Fsp3) is 0.389. The van der Waals surface area contributed by atoms with E-state index in [0.717, 1.165) is 37.5 Å². The molecule has 1 aliphatic rings. The minimum Gasteiger partial charge on any atom is -0.496 e. The van der Waals surface area contributed by atoms with Gasteiger partial charge in [-0.2, -0.15) is 0 Å². The van der Waals surface area contributed by atoms with E-state index in [1.54, 1.807) is 19.6 Å². The minimum absolute atomic E-state index is 0.268. The van der Waals surface area contributed by atoms with E-state index in [2.05, 4.69) is 26.1 Å². The molecule has 0 spiro atoms. The zero-order chi connectivity index (χ0) is 17.2. The Morgan fingerprint density at radius 1 is 1.28 bits per heavy atom. The number of methoxy groups -OCH3 is 1. The number of aromatic nitrogens is 4. The second kappa shape index (κ2) is 6.68. The SMILES string of the molecule is COc1ccccc1CN1CC[C@H](c2nnc(-c3cncn3C)o2)C1. The highest BCUT2D eigenvalue weighted by molar-refractivity contribution is 5.45. The Balaban J connectivity index is 1.44. The summed E-state index contributed by atoms with van der Waals surface area (Å²) >= 11 is 0. The second-order valence-electron chi connectivity index (χ2n) is 6.37. The van der Waals surface area contributed by atoms with E-state index in [1.807, 2.05) is 29.8 Å². The summed E-state index contributed by atoms with van der Waals surface area (Å²) in [6, 6.07) is 8.15. The number of para-hydroxylation sites is 1. The highest BCUT2D eigenvalue weighted by Crippen LogP contribution is 2.30. The molecule has 7 nitrogen and oxygen atoms in total. The monoisotopic (exact) mass is 339 g/mol. The van der Waals surface area contributed by atoms with E-state index in [0.29, 0.717) is 11.8 Å². The van der Waals surface area contributed by atoms with Gasteiger partial charge in [0, 0.05) is 25.7 Å². The lowest BCUT2D eigenvalue weighted by atomic mass is 10.1. The number of hydrogen-bond acceptors (Lipinski definition) is 6. The van der Waals surface area contributed by atoms with Gasteiger partial charge in [-0.05, 0) is 19.0 Å². The first-order valence-electron chi connectivity index (χ1n) is 8.39. The van der Waals surface area contributed by atoms with Crippen molar-refractivity contribution in [2.75, 3.05) is 20.2 Å². The van der Waals surface area contributed by atoms with Gasteiger partial charge < -0.3 is 13.7 Å². The van der Waals surface area contributed by atoms with Gasteiger partial charge >= 0.3 is 0 Å². The zero-order valence-electron chi connectivity index (χ0n) is 14.4. The maximum Gasteiger partial charge on any atom is 0.265 e. The third-order valence-electron chi connectivity index (χ3n) is 4.68. The van der Waals surface area contributed by atoms with Crippen LogP contribution < -0.4 is 4.74 Å². The van der Waals surface area contributed by atoms with Gasteiger partial charge in [0.1, 0.15) is 11.4 Å². The number of ether oxygens (including phenoxy) is 1. The minimum atomic E-state index is 0.268. The highest BCUT2D eigenvalue weighted by atomic mass is 16.5. The van der Waals surface area contributed by atoms with Crippen LogP contribution in [0, 0.1) is 0 Å². The van der Waals surface area contributed by atoms with Crippen molar-refractivity contribution in [3.63, 3.8) is 0 Å². The largest absolute Gasteiger partial charge is 0.496 e. The summed E-state index contributed by atoms with van der Waals surface area (Å²) in [5, 5.41) is 8.45. The molecule has 3 heterocycles.